The van der Waals surface area contributed by atoms with Gasteiger partial charge in [0.25, 0.3) is 0 Å². The normalized spacial score (nSPS) is 10.8. The molecule has 0 heterocycles. The molecule has 5 aromatic rings. The summed E-state index contributed by atoms with van der Waals surface area (Å²) in [6, 6.07) is 37.3. The molecule has 3 nitrogen and oxygen atoms in total. The van der Waals surface area contributed by atoms with Crippen molar-refractivity contribution < 1.29 is 14.4 Å². The van der Waals surface area contributed by atoms with Crippen LogP contribution in [0.3, 0.4) is 0 Å². The van der Waals surface area contributed by atoms with Crippen molar-refractivity contribution in [3.05, 3.63) is 177 Å². The first-order valence-electron chi connectivity index (χ1n) is 13.5. The third kappa shape index (κ3) is 6.05. The molecule has 0 N–H and O–H groups in total. The highest BCUT2D eigenvalue weighted by atomic mass is 16.1. The Kier molecular flexibility index (Phi) is 7.93. The molecule has 0 radical (unpaired) electrons. The molecular formula is C37H30O3. The molecule has 0 bridgehead atoms. The van der Waals surface area contributed by atoms with Crippen LogP contribution in [0.25, 0.3) is 0 Å². The zero-order valence-electron chi connectivity index (χ0n) is 22.7. The molecule has 0 aliphatic carbocycles. The van der Waals surface area contributed by atoms with Gasteiger partial charge in [0, 0.05) is 33.4 Å². The molecule has 3 heteroatoms. The lowest BCUT2D eigenvalue weighted by Crippen LogP contribution is -2.04. The topological polar surface area (TPSA) is 51.2 Å². The summed E-state index contributed by atoms with van der Waals surface area (Å²) in [6.45, 7) is 4.08. The quantitative estimate of drug-likeness (QED) is 0.185. The molecule has 0 saturated carbocycles. The predicted molar refractivity (Wildman–Crippen MR) is 159 cm³/mol. The highest BCUT2D eigenvalue weighted by Gasteiger charge is 2.13. The third-order valence-electron chi connectivity index (χ3n) is 7.19. The van der Waals surface area contributed by atoms with Gasteiger partial charge in [-0.25, -0.2) is 0 Å². The van der Waals surface area contributed by atoms with Crippen LogP contribution in [-0.2, 0) is 12.8 Å². The lowest BCUT2D eigenvalue weighted by Gasteiger charge is -2.07. The van der Waals surface area contributed by atoms with Crippen LogP contribution in [0.2, 0.25) is 0 Å². The van der Waals surface area contributed by atoms with Crippen LogP contribution in [0, 0.1) is 6.92 Å². The molecule has 0 atom stereocenters. The van der Waals surface area contributed by atoms with E-state index in [2.05, 4.69) is 6.92 Å². The van der Waals surface area contributed by atoms with Gasteiger partial charge in [-0.05, 0) is 36.5 Å². The van der Waals surface area contributed by atoms with E-state index in [0.717, 1.165) is 23.1 Å². The van der Waals surface area contributed by atoms with Crippen molar-refractivity contribution in [1.29, 1.82) is 0 Å². The highest BCUT2D eigenvalue weighted by Crippen LogP contribution is 2.18. The van der Waals surface area contributed by atoms with Crippen molar-refractivity contribution in [2.75, 3.05) is 0 Å². The lowest BCUT2D eigenvalue weighted by atomic mass is 9.96. The summed E-state index contributed by atoms with van der Waals surface area (Å²) in [5.41, 5.74) is 8.15. The Morgan fingerprint density at radius 3 is 0.950 bits per heavy atom. The number of ketones is 3. The van der Waals surface area contributed by atoms with Gasteiger partial charge in [-0.3, -0.25) is 14.4 Å². The van der Waals surface area contributed by atoms with Gasteiger partial charge in [0.05, 0.1) is 0 Å². The van der Waals surface area contributed by atoms with E-state index in [9.17, 15) is 14.4 Å². The number of hydrogen-bond acceptors (Lipinski definition) is 3. The van der Waals surface area contributed by atoms with Crippen LogP contribution in [-0.4, -0.2) is 17.3 Å². The van der Waals surface area contributed by atoms with Gasteiger partial charge in [-0.1, -0.05) is 134 Å². The Labute approximate surface area is 235 Å². The first-order chi connectivity index (χ1) is 19.4. The molecule has 0 fully saturated rings. The molecule has 0 aliphatic rings. The minimum absolute atomic E-state index is 0.0182. The minimum atomic E-state index is -0.0873. The number of benzene rings is 5. The average Bonchev–Trinajstić information content (AvgIpc) is 3.01. The van der Waals surface area contributed by atoms with Crippen molar-refractivity contribution in [1.82, 2.24) is 0 Å². The number of carbonyl (C=O) groups is 3. The molecule has 5 rings (SSSR count). The second kappa shape index (κ2) is 11.9. The van der Waals surface area contributed by atoms with Crippen LogP contribution < -0.4 is 0 Å². The monoisotopic (exact) mass is 522 g/mol. The number of rotatable bonds is 9. The summed E-state index contributed by atoms with van der Waals surface area (Å²) in [5, 5.41) is 0. The van der Waals surface area contributed by atoms with E-state index < -0.39 is 0 Å². The van der Waals surface area contributed by atoms with Crippen LogP contribution in [0.5, 0.6) is 0 Å². The van der Waals surface area contributed by atoms with Crippen molar-refractivity contribution in [3.63, 3.8) is 0 Å². The molecule has 0 unspecified atom stereocenters. The standard InChI is InChI=1S/C37H30O3/c1-3-26-6-14-30(15-7-26)36(39)31-16-8-27(9-17-31)24-28-10-18-32(19-11-28)37(40)34-22-20-33(21-23-34)35(38)29-12-4-25(2)5-13-29/h4-23H,3,24H2,1-2H3. The predicted octanol–water partition coefficient (Wildman–Crippen LogP) is 7.84. The summed E-state index contributed by atoms with van der Waals surface area (Å²) in [4.78, 5) is 38.6. The summed E-state index contributed by atoms with van der Waals surface area (Å²) in [5.74, 6) is -0.133. The molecule has 0 aromatic heterocycles. The molecule has 0 aliphatic heterocycles. The Morgan fingerprint density at radius 1 is 0.400 bits per heavy atom. The average molecular weight is 523 g/mol. The zero-order chi connectivity index (χ0) is 28.1. The molecular weight excluding hydrogens is 492 g/mol. The SMILES string of the molecule is CCc1ccc(C(=O)c2ccc(Cc3ccc(C(=O)c4ccc(C(=O)c5ccc(C)cc5)cc4)cc3)cc2)cc1. The van der Waals surface area contributed by atoms with E-state index >= 15 is 0 Å². The summed E-state index contributed by atoms with van der Waals surface area (Å²) in [6.07, 6.45) is 1.65. The first-order valence-corrected chi connectivity index (χ1v) is 13.5. The van der Waals surface area contributed by atoms with Gasteiger partial charge < -0.3 is 0 Å². The van der Waals surface area contributed by atoms with Gasteiger partial charge >= 0.3 is 0 Å². The van der Waals surface area contributed by atoms with Crippen LogP contribution in [0.1, 0.15) is 76.9 Å². The highest BCUT2D eigenvalue weighted by molar-refractivity contribution is 6.12. The van der Waals surface area contributed by atoms with E-state index in [1.54, 1.807) is 24.3 Å². The van der Waals surface area contributed by atoms with Gasteiger partial charge in [-0.15, -0.1) is 0 Å². The smallest absolute Gasteiger partial charge is 0.193 e. The Morgan fingerprint density at radius 2 is 0.650 bits per heavy atom. The fraction of sp³-hybridized carbons (Fsp3) is 0.108. The van der Waals surface area contributed by atoms with Crippen molar-refractivity contribution in [2.24, 2.45) is 0 Å². The summed E-state index contributed by atoms with van der Waals surface area (Å²) in [7, 11) is 0. The lowest BCUT2D eigenvalue weighted by molar-refractivity contribution is 0.102. The number of hydrogen-bond donors (Lipinski definition) is 0. The fourth-order valence-electron chi connectivity index (χ4n) is 4.65. The Bertz CT molecular complexity index is 1640. The van der Waals surface area contributed by atoms with Crippen molar-refractivity contribution >= 4 is 17.3 Å². The van der Waals surface area contributed by atoms with E-state index in [0.29, 0.717) is 39.8 Å². The maximum absolute atomic E-state index is 13.0. The second-order valence-corrected chi connectivity index (χ2v) is 10.1. The van der Waals surface area contributed by atoms with Gasteiger partial charge in [-0.2, -0.15) is 0 Å². The fourth-order valence-corrected chi connectivity index (χ4v) is 4.65. The second-order valence-electron chi connectivity index (χ2n) is 10.1. The zero-order valence-corrected chi connectivity index (χ0v) is 22.7. The molecule has 196 valence electrons. The molecule has 5 aromatic carbocycles. The first kappa shape index (κ1) is 26.7. The largest absolute Gasteiger partial charge is 0.289 e. The van der Waals surface area contributed by atoms with Crippen molar-refractivity contribution in [2.45, 2.75) is 26.7 Å². The minimum Gasteiger partial charge on any atom is -0.289 e. The molecule has 0 saturated heterocycles. The van der Waals surface area contributed by atoms with Gasteiger partial charge in [0.2, 0.25) is 0 Å². The van der Waals surface area contributed by atoms with E-state index in [4.69, 9.17) is 0 Å². The Hall–Kier alpha value is -4.89. The van der Waals surface area contributed by atoms with Gasteiger partial charge in [0.1, 0.15) is 0 Å². The van der Waals surface area contributed by atoms with E-state index in [1.165, 1.54) is 5.56 Å². The molecule has 40 heavy (non-hydrogen) atoms. The van der Waals surface area contributed by atoms with Gasteiger partial charge in [0.15, 0.2) is 17.3 Å². The number of carbonyl (C=O) groups excluding carboxylic acids is 3. The van der Waals surface area contributed by atoms with Crippen LogP contribution >= 0.6 is 0 Å². The maximum Gasteiger partial charge on any atom is 0.193 e. The summed E-state index contributed by atoms with van der Waals surface area (Å²) < 4.78 is 0. The van der Waals surface area contributed by atoms with Crippen molar-refractivity contribution in [3.8, 4) is 0 Å². The number of aryl methyl sites for hydroxylation is 2. The molecule has 0 spiro atoms. The maximum atomic E-state index is 13.0. The Balaban J connectivity index is 1.21. The third-order valence-corrected chi connectivity index (χ3v) is 7.19. The van der Waals surface area contributed by atoms with Crippen LogP contribution in [0.4, 0.5) is 0 Å². The molecule has 0 amide bonds. The summed E-state index contributed by atoms with van der Waals surface area (Å²) >= 11 is 0. The van der Waals surface area contributed by atoms with E-state index in [-0.39, 0.29) is 17.3 Å². The van der Waals surface area contributed by atoms with Crippen LogP contribution in [0.15, 0.2) is 121 Å². The van der Waals surface area contributed by atoms with E-state index in [1.807, 2.05) is 104 Å².